The minimum atomic E-state index is -0.191. The SMILES string of the molecule is COc1ccc2c(c1)C(=CC(=O)c1cccc(C(=O)N(C)c3ccccc3)c1)NC(C)(C)C2. The van der Waals surface area contributed by atoms with E-state index in [-0.39, 0.29) is 17.2 Å². The summed E-state index contributed by atoms with van der Waals surface area (Å²) in [5.74, 6) is 0.404. The van der Waals surface area contributed by atoms with Gasteiger partial charge in [0.1, 0.15) is 5.75 Å². The number of anilines is 1. The number of carbonyl (C=O) groups is 2. The van der Waals surface area contributed by atoms with E-state index < -0.39 is 0 Å². The van der Waals surface area contributed by atoms with Crippen LogP contribution < -0.4 is 15.0 Å². The molecule has 1 heterocycles. The zero-order valence-electron chi connectivity index (χ0n) is 19.4. The first-order chi connectivity index (χ1) is 15.8. The molecule has 1 aliphatic rings. The van der Waals surface area contributed by atoms with E-state index in [1.807, 2.05) is 48.5 Å². The van der Waals surface area contributed by atoms with Crippen molar-refractivity contribution in [3.8, 4) is 5.75 Å². The van der Waals surface area contributed by atoms with Gasteiger partial charge in [-0.2, -0.15) is 0 Å². The van der Waals surface area contributed by atoms with Crippen molar-refractivity contribution in [1.82, 2.24) is 5.32 Å². The van der Waals surface area contributed by atoms with Crippen molar-refractivity contribution in [3.05, 3.63) is 101 Å². The summed E-state index contributed by atoms with van der Waals surface area (Å²) < 4.78 is 5.39. The van der Waals surface area contributed by atoms with E-state index in [2.05, 4.69) is 19.2 Å². The molecule has 3 aromatic rings. The number of carbonyl (C=O) groups excluding carboxylic acids is 2. The van der Waals surface area contributed by atoms with Crippen LogP contribution in [0.5, 0.6) is 5.75 Å². The van der Waals surface area contributed by atoms with Crippen LogP contribution in [-0.4, -0.2) is 31.4 Å². The number of ether oxygens (including phenoxy) is 1. The molecule has 0 radical (unpaired) electrons. The highest BCUT2D eigenvalue weighted by Gasteiger charge is 2.28. The second kappa shape index (κ2) is 8.94. The second-order valence-electron chi connectivity index (χ2n) is 8.91. The standard InChI is InChI=1S/C28H28N2O3/c1-28(2)18-21-13-14-23(33-4)16-24(21)25(29-28)17-26(31)19-9-8-10-20(15-19)27(32)30(3)22-11-6-5-7-12-22/h5-17,29H,18H2,1-4H3. The predicted molar refractivity (Wildman–Crippen MR) is 132 cm³/mol. The predicted octanol–water partition coefficient (Wildman–Crippen LogP) is 5.12. The number of ketones is 1. The van der Waals surface area contributed by atoms with Crippen LogP contribution in [0.25, 0.3) is 5.70 Å². The highest BCUT2D eigenvalue weighted by atomic mass is 16.5. The first-order valence-electron chi connectivity index (χ1n) is 10.9. The molecule has 5 nitrogen and oxygen atoms in total. The molecule has 1 aliphatic heterocycles. The Kier molecular flexibility index (Phi) is 6.05. The molecule has 4 rings (SSSR count). The van der Waals surface area contributed by atoms with Gasteiger partial charge in [-0.3, -0.25) is 9.59 Å². The molecule has 0 atom stereocenters. The van der Waals surface area contributed by atoms with E-state index in [9.17, 15) is 9.59 Å². The molecule has 3 aromatic carbocycles. The van der Waals surface area contributed by atoms with Gasteiger partial charge in [-0.05, 0) is 62.2 Å². The Balaban J connectivity index is 1.65. The summed E-state index contributed by atoms with van der Waals surface area (Å²) in [6, 6.07) is 22.2. The van der Waals surface area contributed by atoms with Gasteiger partial charge in [-0.1, -0.05) is 36.4 Å². The fourth-order valence-electron chi connectivity index (χ4n) is 4.14. The van der Waals surface area contributed by atoms with E-state index in [0.717, 1.165) is 34.7 Å². The quantitative estimate of drug-likeness (QED) is 0.442. The van der Waals surface area contributed by atoms with Crippen LogP contribution in [0.1, 0.15) is 45.7 Å². The Bertz CT molecular complexity index is 1230. The third kappa shape index (κ3) is 4.82. The van der Waals surface area contributed by atoms with E-state index in [0.29, 0.717) is 11.1 Å². The maximum Gasteiger partial charge on any atom is 0.258 e. The van der Waals surface area contributed by atoms with Gasteiger partial charge in [0.25, 0.3) is 5.91 Å². The highest BCUT2D eigenvalue weighted by molar-refractivity contribution is 6.11. The molecular weight excluding hydrogens is 412 g/mol. The van der Waals surface area contributed by atoms with Crippen molar-refractivity contribution in [3.63, 3.8) is 0 Å². The zero-order valence-corrected chi connectivity index (χ0v) is 19.4. The molecule has 1 amide bonds. The summed E-state index contributed by atoms with van der Waals surface area (Å²) in [7, 11) is 3.36. The lowest BCUT2D eigenvalue weighted by atomic mass is 9.85. The van der Waals surface area contributed by atoms with Crippen molar-refractivity contribution in [1.29, 1.82) is 0 Å². The van der Waals surface area contributed by atoms with Crippen LogP contribution in [0.4, 0.5) is 5.69 Å². The molecule has 5 heteroatoms. The lowest BCUT2D eigenvalue weighted by molar-refractivity contribution is 0.0993. The van der Waals surface area contributed by atoms with Crippen molar-refractivity contribution in [2.24, 2.45) is 0 Å². The molecule has 0 aliphatic carbocycles. The molecule has 33 heavy (non-hydrogen) atoms. The average Bonchev–Trinajstić information content (AvgIpc) is 2.83. The largest absolute Gasteiger partial charge is 0.497 e. The first-order valence-corrected chi connectivity index (χ1v) is 10.9. The normalized spacial score (nSPS) is 15.3. The number of hydrogen-bond acceptors (Lipinski definition) is 4. The molecule has 0 spiro atoms. The number of benzene rings is 3. The summed E-state index contributed by atoms with van der Waals surface area (Å²) in [5.41, 5.74) is 4.40. The molecule has 0 fully saturated rings. The molecule has 168 valence electrons. The van der Waals surface area contributed by atoms with Crippen LogP contribution in [0.15, 0.2) is 78.9 Å². The Morgan fingerprint density at radius 1 is 0.970 bits per heavy atom. The van der Waals surface area contributed by atoms with E-state index in [1.165, 1.54) is 0 Å². The summed E-state index contributed by atoms with van der Waals surface area (Å²) in [6.45, 7) is 4.22. The molecule has 0 unspecified atom stereocenters. The Hall–Kier alpha value is -3.86. The lowest BCUT2D eigenvalue weighted by Gasteiger charge is -2.35. The molecule has 0 aromatic heterocycles. The third-order valence-corrected chi connectivity index (χ3v) is 5.83. The number of hydrogen-bond donors (Lipinski definition) is 1. The van der Waals surface area contributed by atoms with Gasteiger partial charge in [-0.25, -0.2) is 0 Å². The van der Waals surface area contributed by atoms with Crippen LogP contribution in [0, 0.1) is 0 Å². The van der Waals surface area contributed by atoms with Crippen molar-refractivity contribution in [2.75, 3.05) is 19.1 Å². The monoisotopic (exact) mass is 440 g/mol. The number of para-hydroxylation sites is 1. The van der Waals surface area contributed by atoms with E-state index >= 15 is 0 Å². The van der Waals surface area contributed by atoms with Gasteiger partial charge in [-0.15, -0.1) is 0 Å². The van der Waals surface area contributed by atoms with Crippen molar-refractivity contribution >= 4 is 23.1 Å². The zero-order chi connectivity index (χ0) is 23.6. The van der Waals surface area contributed by atoms with Crippen LogP contribution >= 0.6 is 0 Å². The topological polar surface area (TPSA) is 58.6 Å². The number of rotatable bonds is 5. The Labute approximate surface area is 194 Å². The molecule has 0 saturated carbocycles. The average molecular weight is 441 g/mol. The molecular formula is C28H28N2O3. The van der Waals surface area contributed by atoms with Gasteiger partial charge in [0.05, 0.1) is 7.11 Å². The number of amides is 1. The summed E-state index contributed by atoms with van der Waals surface area (Å²) in [5, 5.41) is 3.49. The summed E-state index contributed by atoms with van der Waals surface area (Å²) in [4.78, 5) is 27.8. The highest BCUT2D eigenvalue weighted by Crippen LogP contribution is 2.32. The van der Waals surface area contributed by atoms with Crippen LogP contribution in [0.3, 0.4) is 0 Å². The fraction of sp³-hybridized carbons (Fsp3) is 0.214. The van der Waals surface area contributed by atoms with Crippen LogP contribution in [0.2, 0.25) is 0 Å². The Morgan fingerprint density at radius 2 is 1.70 bits per heavy atom. The molecule has 0 bridgehead atoms. The van der Waals surface area contributed by atoms with Gasteiger partial charge < -0.3 is 15.0 Å². The maximum atomic E-state index is 13.2. The van der Waals surface area contributed by atoms with Crippen molar-refractivity contribution < 1.29 is 14.3 Å². The smallest absolute Gasteiger partial charge is 0.258 e. The number of allylic oxidation sites excluding steroid dienone is 1. The number of fused-ring (bicyclic) bond motifs is 1. The summed E-state index contributed by atoms with van der Waals surface area (Å²) in [6.07, 6.45) is 2.46. The minimum Gasteiger partial charge on any atom is -0.497 e. The van der Waals surface area contributed by atoms with Gasteiger partial charge in [0, 0.05) is 46.7 Å². The summed E-state index contributed by atoms with van der Waals surface area (Å²) >= 11 is 0. The fourth-order valence-corrected chi connectivity index (χ4v) is 4.14. The number of nitrogens with zero attached hydrogens (tertiary/aromatic N) is 1. The van der Waals surface area contributed by atoms with E-state index in [4.69, 9.17) is 4.74 Å². The second-order valence-corrected chi connectivity index (χ2v) is 8.91. The number of methoxy groups -OCH3 is 1. The van der Waals surface area contributed by atoms with E-state index in [1.54, 1.807) is 49.4 Å². The lowest BCUT2D eigenvalue weighted by Crippen LogP contribution is -2.43. The van der Waals surface area contributed by atoms with Crippen LogP contribution in [-0.2, 0) is 6.42 Å². The number of nitrogens with one attached hydrogen (secondary N) is 1. The van der Waals surface area contributed by atoms with Crippen molar-refractivity contribution in [2.45, 2.75) is 25.8 Å². The van der Waals surface area contributed by atoms with Gasteiger partial charge in [0.15, 0.2) is 5.78 Å². The Morgan fingerprint density at radius 3 is 2.42 bits per heavy atom. The minimum absolute atomic E-state index is 0.166. The molecule has 1 N–H and O–H groups in total. The van der Waals surface area contributed by atoms with Gasteiger partial charge in [0.2, 0.25) is 0 Å². The maximum absolute atomic E-state index is 13.2. The first kappa shape index (κ1) is 22.3. The molecule has 0 saturated heterocycles. The van der Waals surface area contributed by atoms with Gasteiger partial charge >= 0.3 is 0 Å². The third-order valence-electron chi connectivity index (χ3n) is 5.83.